The lowest BCUT2D eigenvalue weighted by Gasteiger charge is -2.21. The molecule has 4 rings (SSSR count). The minimum absolute atomic E-state index is 0.0801. The number of hydrogen-bond acceptors (Lipinski definition) is 3. The first-order valence-electron chi connectivity index (χ1n) is 8.81. The molecule has 1 aliphatic rings. The van der Waals surface area contributed by atoms with Crippen molar-refractivity contribution in [2.24, 2.45) is 7.05 Å². The van der Waals surface area contributed by atoms with Crippen molar-refractivity contribution < 1.29 is 18.0 Å². The van der Waals surface area contributed by atoms with Gasteiger partial charge in [-0.05, 0) is 18.9 Å². The van der Waals surface area contributed by atoms with Crippen LogP contribution in [-0.2, 0) is 18.4 Å². The molecule has 0 bridgehead atoms. The number of carbonyl (C=O) groups excluding carboxylic acids is 1. The van der Waals surface area contributed by atoms with Gasteiger partial charge in [-0.2, -0.15) is 18.3 Å². The van der Waals surface area contributed by atoms with Gasteiger partial charge in [-0.25, -0.2) is 9.48 Å². The normalized spacial score (nSPS) is 15.7. The van der Waals surface area contributed by atoms with Crippen LogP contribution >= 0.6 is 0 Å². The highest BCUT2D eigenvalue weighted by Crippen LogP contribution is 2.38. The van der Waals surface area contributed by atoms with Crippen LogP contribution in [0.3, 0.4) is 0 Å². The molecule has 28 heavy (non-hydrogen) atoms. The van der Waals surface area contributed by atoms with Gasteiger partial charge in [-0.15, -0.1) is 0 Å². The van der Waals surface area contributed by atoms with E-state index < -0.39 is 30.4 Å². The molecule has 1 saturated carbocycles. The molecule has 3 aromatic rings. The van der Waals surface area contributed by atoms with Crippen LogP contribution in [-0.4, -0.2) is 31.4 Å². The van der Waals surface area contributed by atoms with Crippen LogP contribution in [0.2, 0.25) is 0 Å². The number of aromatic nitrogens is 4. The van der Waals surface area contributed by atoms with Crippen molar-refractivity contribution in [1.82, 2.24) is 24.6 Å². The zero-order valence-electron chi connectivity index (χ0n) is 15.0. The number of hydrogen-bond donors (Lipinski definition) is 2. The van der Waals surface area contributed by atoms with Crippen LogP contribution in [0, 0.1) is 0 Å². The van der Waals surface area contributed by atoms with Crippen molar-refractivity contribution in [3.63, 3.8) is 0 Å². The molecule has 1 amide bonds. The molecule has 2 aromatic heterocycles. The molecular formula is C18H18F3N5O2. The molecule has 1 aromatic carbocycles. The number of para-hydroxylation sites is 1. The molecule has 2 N–H and O–H groups in total. The fourth-order valence-electron chi connectivity index (χ4n) is 3.32. The zero-order valence-corrected chi connectivity index (χ0v) is 15.0. The third-order valence-electron chi connectivity index (χ3n) is 4.88. The van der Waals surface area contributed by atoms with Gasteiger partial charge in [0.25, 0.3) is 0 Å². The molecular weight excluding hydrogens is 375 g/mol. The number of halogens is 3. The van der Waals surface area contributed by atoms with Crippen molar-refractivity contribution in [2.45, 2.75) is 37.5 Å². The lowest BCUT2D eigenvalue weighted by atomic mass is 10.1. The maximum atomic E-state index is 13.7. The summed E-state index contributed by atoms with van der Waals surface area (Å²) in [5, 5.41) is 6.49. The second kappa shape index (κ2) is 6.54. The third kappa shape index (κ3) is 3.30. The van der Waals surface area contributed by atoms with Gasteiger partial charge in [0.1, 0.15) is 12.4 Å². The molecule has 0 radical (unpaired) electrons. The van der Waals surface area contributed by atoms with Crippen LogP contribution in [0.15, 0.2) is 35.3 Å². The number of carbonyl (C=O) groups is 1. The number of rotatable bonds is 5. The number of nitrogens with one attached hydrogen (secondary N) is 2. The molecule has 10 heteroatoms. The van der Waals surface area contributed by atoms with E-state index in [-0.39, 0.29) is 11.5 Å². The number of fused-ring (bicyclic) bond motifs is 1. The monoisotopic (exact) mass is 393 g/mol. The van der Waals surface area contributed by atoms with Crippen LogP contribution in [0.1, 0.15) is 36.2 Å². The van der Waals surface area contributed by atoms with E-state index in [4.69, 9.17) is 0 Å². The number of amides is 1. The number of nitrogens with zero attached hydrogens (tertiary/aromatic N) is 3. The molecule has 0 aliphatic heterocycles. The smallest absolute Gasteiger partial charge is 0.361 e. The highest BCUT2D eigenvalue weighted by Gasteiger charge is 2.43. The first kappa shape index (κ1) is 18.3. The van der Waals surface area contributed by atoms with Gasteiger partial charge in [-0.3, -0.25) is 9.36 Å². The van der Waals surface area contributed by atoms with Crippen molar-refractivity contribution in [1.29, 1.82) is 0 Å². The van der Waals surface area contributed by atoms with Crippen LogP contribution in [0.4, 0.5) is 13.2 Å². The Balaban J connectivity index is 1.59. The Kier molecular flexibility index (Phi) is 4.28. The van der Waals surface area contributed by atoms with Crippen LogP contribution in [0.5, 0.6) is 0 Å². The summed E-state index contributed by atoms with van der Waals surface area (Å²) in [5.74, 6) is -0.201. The fraction of sp³-hybridized carbons (Fsp3) is 0.389. The average molecular weight is 393 g/mol. The molecule has 7 nitrogen and oxygen atoms in total. The van der Waals surface area contributed by atoms with E-state index in [1.807, 2.05) is 5.32 Å². The topological polar surface area (TPSA) is 84.7 Å². The van der Waals surface area contributed by atoms with E-state index >= 15 is 0 Å². The van der Waals surface area contributed by atoms with E-state index in [9.17, 15) is 22.8 Å². The first-order chi connectivity index (χ1) is 13.3. The second-order valence-corrected chi connectivity index (χ2v) is 6.96. The summed E-state index contributed by atoms with van der Waals surface area (Å²) >= 11 is 0. The Morgan fingerprint density at radius 1 is 1.36 bits per heavy atom. The standard InChI is InChI=1S/C18H18F3N5O2/c1-25-16(10-6-7-10)24-26(17(25)28)9-14(27)23-15(18(19,20)21)12-8-22-13-5-3-2-4-11(12)13/h2-5,8,10,15,22H,6-7,9H2,1H3,(H,23,27). The van der Waals surface area contributed by atoms with Gasteiger partial charge in [0.2, 0.25) is 5.91 Å². The Labute approximate surface area is 157 Å². The first-order valence-corrected chi connectivity index (χ1v) is 8.81. The van der Waals surface area contributed by atoms with Gasteiger partial charge in [-0.1, -0.05) is 18.2 Å². The predicted molar refractivity (Wildman–Crippen MR) is 94.7 cm³/mol. The Morgan fingerprint density at radius 2 is 2.07 bits per heavy atom. The van der Waals surface area contributed by atoms with Crippen LogP contribution < -0.4 is 11.0 Å². The van der Waals surface area contributed by atoms with Gasteiger partial charge in [0.15, 0.2) is 6.04 Å². The van der Waals surface area contributed by atoms with E-state index in [0.717, 1.165) is 17.5 Å². The highest BCUT2D eigenvalue weighted by molar-refractivity contribution is 5.85. The minimum Gasteiger partial charge on any atom is -0.361 e. The summed E-state index contributed by atoms with van der Waals surface area (Å²) in [5.41, 5.74) is -0.0628. The molecule has 1 fully saturated rings. The largest absolute Gasteiger partial charge is 0.412 e. The molecule has 0 saturated heterocycles. The Morgan fingerprint density at radius 3 is 2.75 bits per heavy atom. The molecule has 1 unspecified atom stereocenters. The predicted octanol–water partition coefficient (Wildman–Crippen LogP) is 2.36. The van der Waals surface area contributed by atoms with Crippen molar-refractivity contribution in [3.05, 3.63) is 52.3 Å². The molecule has 0 spiro atoms. The van der Waals surface area contributed by atoms with Crippen LogP contribution in [0.25, 0.3) is 10.9 Å². The number of benzene rings is 1. The SMILES string of the molecule is Cn1c(C2CC2)nn(CC(=O)NC(c2c[nH]c3ccccc23)C(F)(F)F)c1=O. The summed E-state index contributed by atoms with van der Waals surface area (Å²) in [6.07, 6.45) is -1.64. The third-order valence-corrected chi connectivity index (χ3v) is 4.88. The second-order valence-electron chi connectivity index (χ2n) is 6.96. The lowest BCUT2D eigenvalue weighted by Crippen LogP contribution is -2.41. The molecule has 148 valence electrons. The summed E-state index contributed by atoms with van der Waals surface area (Å²) < 4.78 is 43.2. The minimum atomic E-state index is -4.70. The fourth-order valence-corrected chi connectivity index (χ4v) is 3.32. The highest BCUT2D eigenvalue weighted by atomic mass is 19.4. The van der Waals surface area contributed by atoms with Crippen molar-refractivity contribution in [3.8, 4) is 0 Å². The van der Waals surface area contributed by atoms with Gasteiger partial charge in [0.05, 0.1) is 0 Å². The molecule has 1 atom stereocenters. The number of H-pyrrole nitrogens is 1. The van der Waals surface area contributed by atoms with E-state index in [1.54, 1.807) is 31.3 Å². The van der Waals surface area contributed by atoms with Gasteiger partial charge < -0.3 is 10.3 Å². The van der Waals surface area contributed by atoms with E-state index in [1.165, 1.54) is 10.8 Å². The van der Waals surface area contributed by atoms with E-state index in [0.29, 0.717) is 16.7 Å². The number of aromatic amines is 1. The Bertz CT molecular complexity index is 1090. The molecule has 1 aliphatic carbocycles. The molecule has 2 heterocycles. The zero-order chi connectivity index (χ0) is 20.1. The van der Waals surface area contributed by atoms with E-state index in [2.05, 4.69) is 10.1 Å². The van der Waals surface area contributed by atoms with Gasteiger partial charge in [0, 0.05) is 35.6 Å². The lowest BCUT2D eigenvalue weighted by molar-refractivity contribution is -0.163. The Hall–Kier alpha value is -3.04. The maximum absolute atomic E-state index is 13.7. The summed E-state index contributed by atoms with van der Waals surface area (Å²) in [6, 6.07) is 4.34. The summed E-state index contributed by atoms with van der Waals surface area (Å²) in [4.78, 5) is 27.3. The average Bonchev–Trinajstić information content (AvgIpc) is 3.34. The summed E-state index contributed by atoms with van der Waals surface area (Å²) in [6.45, 7) is -0.575. The number of alkyl halides is 3. The maximum Gasteiger partial charge on any atom is 0.412 e. The van der Waals surface area contributed by atoms with Crippen molar-refractivity contribution >= 4 is 16.8 Å². The van der Waals surface area contributed by atoms with Gasteiger partial charge >= 0.3 is 11.9 Å². The van der Waals surface area contributed by atoms with Crippen molar-refractivity contribution in [2.75, 3.05) is 0 Å². The summed E-state index contributed by atoms with van der Waals surface area (Å²) in [7, 11) is 1.54. The quantitative estimate of drug-likeness (QED) is 0.698.